The number of nitrogens with two attached hydrogens (primary N) is 1. The maximum absolute atomic E-state index is 13.1. The molecule has 0 radical (unpaired) electrons. The normalized spacial score (nSPS) is 23.3. The fourth-order valence-electron chi connectivity index (χ4n) is 5.88. The van der Waals surface area contributed by atoms with Gasteiger partial charge in [-0.1, -0.05) is 42.3 Å². The summed E-state index contributed by atoms with van der Waals surface area (Å²) >= 11 is 6.58. The molecule has 1 aromatic carbocycles. The first-order chi connectivity index (χ1) is 23.4. The van der Waals surface area contributed by atoms with Crippen molar-refractivity contribution in [2.45, 2.75) is 89.6 Å². The summed E-state index contributed by atoms with van der Waals surface area (Å²) in [5, 5.41) is 14.2. The molecule has 278 valence electrons. The van der Waals surface area contributed by atoms with Crippen LogP contribution in [0.4, 0.5) is 10.5 Å². The number of benzene rings is 1. The average molecular weight is 723 g/mol. The summed E-state index contributed by atoms with van der Waals surface area (Å²) in [6.45, 7) is 8.85. The van der Waals surface area contributed by atoms with Crippen molar-refractivity contribution in [1.29, 1.82) is 0 Å². The predicted octanol–water partition coefficient (Wildman–Crippen LogP) is 3.11. The van der Waals surface area contributed by atoms with E-state index in [-0.39, 0.29) is 47.9 Å². The number of nitrogens with zero attached hydrogens (tertiary/aromatic N) is 2. The number of methoxy groups -OCH3 is 2. The molecule has 3 rings (SSSR count). The van der Waals surface area contributed by atoms with Crippen LogP contribution < -0.4 is 20.7 Å². The number of rotatable bonds is 16. The van der Waals surface area contributed by atoms with Crippen LogP contribution in [0.2, 0.25) is 5.02 Å². The Labute approximate surface area is 298 Å². The summed E-state index contributed by atoms with van der Waals surface area (Å²) in [6.07, 6.45) is 3.57. The van der Waals surface area contributed by atoms with Gasteiger partial charge in [-0.25, -0.2) is 9.59 Å². The van der Waals surface area contributed by atoms with Gasteiger partial charge in [-0.2, -0.15) is 0 Å². The smallest absolute Gasteiger partial charge is 0.409 e. The minimum Gasteiger partial charge on any atom is -0.495 e. The molecule has 0 aromatic heterocycles. The molecule has 2 heterocycles. The van der Waals surface area contributed by atoms with E-state index in [1.165, 1.54) is 45.0 Å². The fraction of sp³-hybridized carbons (Fsp3) is 0.600. The van der Waals surface area contributed by atoms with Gasteiger partial charge in [-0.3, -0.25) is 14.9 Å². The number of carbonyl (C=O) groups is 4. The van der Waals surface area contributed by atoms with Crippen LogP contribution in [0.5, 0.6) is 5.75 Å². The monoisotopic (exact) mass is 722 g/mol. The van der Waals surface area contributed by atoms with Crippen LogP contribution in [0.25, 0.3) is 0 Å². The molecule has 2 aliphatic rings. The van der Waals surface area contributed by atoms with E-state index >= 15 is 0 Å². The van der Waals surface area contributed by atoms with Crippen molar-refractivity contribution in [3.63, 3.8) is 0 Å². The number of likely N-dealkylation sites (N-methyl/N-ethyl adjacent to an activating group) is 2. The highest BCUT2D eigenvalue weighted by atomic mass is 35.5. The van der Waals surface area contributed by atoms with Crippen molar-refractivity contribution in [3.05, 3.63) is 46.5 Å². The molecular weight excluding hydrogens is 672 g/mol. The third kappa shape index (κ3) is 9.97. The van der Waals surface area contributed by atoms with E-state index in [1.807, 2.05) is 33.8 Å². The molecule has 0 spiro atoms. The number of hydrogen-bond donors (Lipinski definition) is 3. The van der Waals surface area contributed by atoms with Gasteiger partial charge in [0, 0.05) is 46.5 Å². The summed E-state index contributed by atoms with van der Waals surface area (Å²) in [6, 6.07) is 2.58. The Hall–Kier alpha value is -3.69. The van der Waals surface area contributed by atoms with E-state index in [0.29, 0.717) is 17.9 Å². The molecule has 6 atom stereocenters. The van der Waals surface area contributed by atoms with Crippen molar-refractivity contribution < 1.29 is 48.0 Å². The van der Waals surface area contributed by atoms with Crippen molar-refractivity contribution in [1.82, 2.24) is 10.2 Å². The molecule has 2 aliphatic heterocycles. The molecule has 0 saturated carbocycles. The molecular formula is C35H51ClN4O10. The lowest BCUT2D eigenvalue weighted by Crippen LogP contribution is -2.63. The summed E-state index contributed by atoms with van der Waals surface area (Å²) in [7, 11) is 5.87. The first kappa shape index (κ1) is 40.7. The number of esters is 1. The van der Waals surface area contributed by atoms with Crippen LogP contribution in [-0.4, -0.2) is 111 Å². The molecule has 3 amide bonds. The van der Waals surface area contributed by atoms with Gasteiger partial charge >= 0.3 is 12.1 Å². The minimum atomic E-state index is -1.71. The number of ether oxygens (including phenoxy) is 5. The maximum Gasteiger partial charge on any atom is 0.409 e. The third-order valence-electron chi connectivity index (χ3n) is 9.13. The van der Waals surface area contributed by atoms with Crippen molar-refractivity contribution in [2.75, 3.05) is 46.4 Å². The molecule has 0 bridgehead atoms. The number of halogens is 1. The quantitative estimate of drug-likeness (QED) is 0.130. The van der Waals surface area contributed by atoms with E-state index < -0.39 is 48.6 Å². The first-order valence-corrected chi connectivity index (χ1v) is 16.8. The second-order valence-corrected chi connectivity index (χ2v) is 13.7. The van der Waals surface area contributed by atoms with Gasteiger partial charge in [-0.15, -0.1) is 0 Å². The molecule has 14 nitrogen and oxygen atoms in total. The van der Waals surface area contributed by atoms with Crippen molar-refractivity contribution >= 4 is 41.2 Å². The van der Waals surface area contributed by atoms with Gasteiger partial charge in [0.15, 0.2) is 12.3 Å². The van der Waals surface area contributed by atoms with E-state index in [9.17, 15) is 24.3 Å². The van der Waals surface area contributed by atoms with E-state index in [2.05, 4.69) is 5.32 Å². The van der Waals surface area contributed by atoms with Crippen LogP contribution in [0, 0.1) is 5.92 Å². The number of carbonyl (C=O) groups excluding carboxylic acids is 4. The topological polar surface area (TPSA) is 182 Å². The maximum atomic E-state index is 13.1. The van der Waals surface area contributed by atoms with Gasteiger partial charge in [0.05, 0.1) is 24.5 Å². The Balaban J connectivity index is 1.69. The summed E-state index contributed by atoms with van der Waals surface area (Å²) in [4.78, 5) is 52.6. The number of cyclic esters (lactones) is 1. The highest BCUT2D eigenvalue weighted by Crippen LogP contribution is 2.44. The molecule has 50 heavy (non-hydrogen) atoms. The predicted molar refractivity (Wildman–Crippen MR) is 187 cm³/mol. The second-order valence-electron chi connectivity index (χ2n) is 13.3. The molecule has 4 N–H and O–H groups in total. The van der Waals surface area contributed by atoms with Gasteiger partial charge in [-0.05, 0) is 51.8 Å². The Morgan fingerprint density at radius 1 is 1.20 bits per heavy atom. The van der Waals surface area contributed by atoms with Gasteiger partial charge in [0.1, 0.15) is 29.0 Å². The molecule has 15 heteroatoms. The minimum absolute atomic E-state index is 0.0827. The highest BCUT2D eigenvalue weighted by Gasteiger charge is 2.56. The molecule has 0 aliphatic carbocycles. The number of allylic oxidation sites excluding steroid dienone is 3. The Kier molecular flexibility index (Phi) is 13.9. The first-order valence-electron chi connectivity index (χ1n) is 16.4. The zero-order valence-corrected chi connectivity index (χ0v) is 31.0. The van der Waals surface area contributed by atoms with E-state index in [0.717, 1.165) is 11.1 Å². The summed E-state index contributed by atoms with van der Waals surface area (Å²) in [5.41, 5.74) is 5.43. The number of epoxide rings is 1. The molecule has 2 saturated heterocycles. The van der Waals surface area contributed by atoms with Gasteiger partial charge in [0.2, 0.25) is 5.91 Å². The number of alkyl carbamates (subject to hydrolysis) is 1. The summed E-state index contributed by atoms with van der Waals surface area (Å²) in [5.74, 6) is -1.39. The second kappa shape index (κ2) is 17.0. The number of hydrogen-bond acceptors (Lipinski definition) is 11. The van der Waals surface area contributed by atoms with Crippen LogP contribution in [0.3, 0.4) is 0 Å². The largest absolute Gasteiger partial charge is 0.495 e. The lowest BCUT2D eigenvalue weighted by molar-refractivity contribution is -0.155. The van der Waals surface area contributed by atoms with Crippen molar-refractivity contribution in [2.24, 2.45) is 11.7 Å². The standard InChI is InChI=1S/C35H51ClN4O10/c1-20(11-10-12-27(47-9)35(45)18-26(49-33(44)38-35)21(2)31-34(4,5)50-31)15-23-16-24(30(36)25(17-23)46-8)40(7)29(42)19-48-32(43)22(3)39(6)28(41)13-14-37/h10-12,16-17,21-22,26-27,31,45H,13-15,18-19,37H2,1-9H3,(H,38,44)/b12-10+,20-11+/t21-,22+,26+,27-,31+,35+/m1/s1. The summed E-state index contributed by atoms with van der Waals surface area (Å²) < 4.78 is 27.5. The average Bonchev–Trinajstić information content (AvgIpc) is 3.71. The number of aliphatic hydroxyl groups is 1. The van der Waals surface area contributed by atoms with Crippen LogP contribution in [-0.2, 0) is 39.8 Å². The number of nitrogens with one attached hydrogen (secondary N) is 1. The van der Waals surface area contributed by atoms with E-state index in [4.69, 9.17) is 41.0 Å². The lowest BCUT2D eigenvalue weighted by atomic mass is 9.86. The van der Waals surface area contributed by atoms with Gasteiger partial charge in [0.25, 0.3) is 5.91 Å². The zero-order valence-electron chi connectivity index (χ0n) is 30.3. The Morgan fingerprint density at radius 2 is 1.86 bits per heavy atom. The van der Waals surface area contributed by atoms with Crippen LogP contribution >= 0.6 is 11.6 Å². The van der Waals surface area contributed by atoms with Gasteiger partial charge < -0.3 is 44.3 Å². The zero-order chi connectivity index (χ0) is 37.6. The van der Waals surface area contributed by atoms with Crippen molar-refractivity contribution in [3.8, 4) is 5.75 Å². The number of amides is 3. The lowest BCUT2D eigenvalue weighted by Gasteiger charge is -2.42. The third-order valence-corrected chi connectivity index (χ3v) is 9.51. The Morgan fingerprint density at radius 3 is 2.44 bits per heavy atom. The molecule has 2 fully saturated rings. The SMILES string of the molecule is COc1cc(C/C(C)=C/C=C/[C@@H](OC)[C@@]2(O)C[C@@H]([C@@H](C)[C@@H]3OC3(C)C)OC(=O)N2)cc(N(C)C(=O)COC(=O)[C@H](C)N(C)C(=O)CCN)c1Cl. The molecule has 0 unspecified atom stereocenters. The number of anilines is 1. The fourth-order valence-corrected chi connectivity index (χ4v) is 6.19. The molecule has 1 aromatic rings. The Bertz CT molecular complexity index is 1480. The highest BCUT2D eigenvalue weighted by molar-refractivity contribution is 6.35. The van der Waals surface area contributed by atoms with E-state index in [1.54, 1.807) is 24.3 Å². The van der Waals surface area contributed by atoms with Crippen LogP contribution in [0.15, 0.2) is 35.9 Å². The van der Waals surface area contributed by atoms with Crippen LogP contribution in [0.1, 0.15) is 53.0 Å².